The minimum absolute atomic E-state index is 0.176. The molecule has 0 saturated carbocycles. The van der Waals surface area contributed by atoms with Crippen molar-refractivity contribution in [2.24, 2.45) is 5.41 Å². The summed E-state index contributed by atoms with van der Waals surface area (Å²) in [5.41, 5.74) is -0.935. The molecule has 0 unspecified atom stereocenters. The lowest BCUT2D eigenvalue weighted by atomic mass is 9.93. The van der Waals surface area contributed by atoms with Crippen LogP contribution >= 0.6 is 0 Å². The SMILES string of the molecule is C=C(C)C(=O)O.OCC(CO)(CO)CO. The van der Waals surface area contributed by atoms with E-state index in [-0.39, 0.29) is 5.57 Å². The second-order valence-corrected chi connectivity index (χ2v) is 3.22. The Balaban J connectivity index is 0. The summed E-state index contributed by atoms with van der Waals surface area (Å²) in [6, 6.07) is 0. The van der Waals surface area contributed by atoms with Gasteiger partial charge < -0.3 is 25.5 Å². The smallest absolute Gasteiger partial charge is 0.330 e. The molecule has 15 heavy (non-hydrogen) atoms. The van der Waals surface area contributed by atoms with E-state index in [4.69, 9.17) is 25.5 Å². The van der Waals surface area contributed by atoms with Gasteiger partial charge in [0.2, 0.25) is 0 Å². The van der Waals surface area contributed by atoms with Crippen LogP contribution in [0, 0.1) is 5.41 Å². The van der Waals surface area contributed by atoms with Gasteiger partial charge in [0.15, 0.2) is 0 Å². The standard InChI is InChI=1S/C5H12O4.C4H6O2/c6-1-5(2-7,3-8)4-9;1-3(2)4(5)6/h6-9H,1-4H2;1H2,2H3,(H,5,6). The summed E-state index contributed by atoms with van der Waals surface area (Å²) in [5.74, 6) is -0.935. The van der Waals surface area contributed by atoms with Crippen molar-refractivity contribution in [2.75, 3.05) is 26.4 Å². The monoisotopic (exact) mass is 222 g/mol. The summed E-state index contributed by atoms with van der Waals surface area (Å²) in [7, 11) is 0. The zero-order valence-electron chi connectivity index (χ0n) is 8.68. The lowest BCUT2D eigenvalue weighted by Gasteiger charge is -2.23. The van der Waals surface area contributed by atoms with Crippen LogP contribution in [0.2, 0.25) is 0 Å². The van der Waals surface area contributed by atoms with E-state index < -0.39 is 37.8 Å². The lowest BCUT2D eigenvalue weighted by molar-refractivity contribution is -0.132. The maximum atomic E-state index is 9.60. The van der Waals surface area contributed by atoms with Crippen LogP contribution in [0.15, 0.2) is 12.2 Å². The highest BCUT2D eigenvalue weighted by atomic mass is 16.4. The van der Waals surface area contributed by atoms with E-state index in [0.29, 0.717) is 0 Å². The Morgan fingerprint density at radius 2 is 1.27 bits per heavy atom. The topological polar surface area (TPSA) is 118 Å². The number of carboxylic acid groups (broad SMARTS) is 1. The van der Waals surface area contributed by atoms with Gasteiger partial charge in [-0.25, -0.2) is 4.79 Å². The fourth-order valence-electron chi connectivity index (χ4n) is 0.300. The average molecular weight is 222 g/mol. The molecule has 0 aliphatic rings. The van der Waals surface area contributed by atoms with Crippen LogP contribution in [-0.2, 0) is 4.79 Å². The molecule has 0 aromatic rings. The van der Waals surface area contributed by atoms with E-state index in [1.165, 1.54) is 6.92 Å². The second-order valence-electron chi connectivity index (χ2n) is 3.22. The molecule has 0 saturated heterocycles. The summed E-state index contributed by atoms with van der Waals surface area (Å²) < 4.78 is 0. The third kappa shape index (κ3) is 7.03. The summed E-state index contributed by atoms with van der Waals surface area (Å²) in [6.45, 7) is 2.98. The van der Waals surface area contributed by atoms with E-state index in [1.54, 1.807) is 0 Å². The molecule has 0 radical (unpaired) electrons. The molecule has 0 aromatic heterocycles. The highest BCUT2D eigenvalue weighted by molar-refractivity contribution is 5.84. The van der Waals surface area contributed by atoms with E-state index in [2.05, 4.69) is 6.58 Å². The van der Waals surface area contributed by atoms with Gasteiger partial charge in [0.1, 0.15) is 0 Å². The molecule has 0 rings (SSSR count). The van der Waals surface area contributed by atoms with Gasteiger partial charge in [-0.1, -0.05) is 6.58 Å². The van der Waals surface area contributed by atoms with Gasteiger partial charge in [0.05, 0.1) is 31.8 Å². The lowest BCUT2D eigenvalue weighted by Crippen LogP contribution is -2.37. The largest absolute Gasteiger partial charge is 0.478 e. The van der Waals surface area contributed by atoms with Gasteiger partial charge in [-0.15, -0.1) is 0 Å². The molecule has 90 valence electrons. The van der Waals surface area contributed by atoms with Gasteiger partial charge in [-0.05, 0) is 6.92 Å². The van der Waals surface area contributed by atoms with Gasteiger partial charge in [0, 0.05) is 5.57 Å². The predicted molar refractivity (Wildman–Crippen MR) is 53.2 cm³/mol. The van der Waals surface area contributed by atoms with Crippen molar-refractivity contribution in [2.45, 2.75) is 6.92 Å². The van der Waals surface area contributed by atoms with Crippen LogP contribution in [-0.4, -0.2) is 57.9 Å². The molecule has 0 spiro atoms. The molecule has 0 aromatic carbocycles. The molecule has 0 amide bonds. The highest BCUT2D eigenvalue weighted by Gasteiger charge is 2.26. The van der Waals surface area contributed by atoms with Crippen molar-refractivity contribution in [3.05, 3.63) is 12.2 Å². The van der Waals surface area contributed by atoms with E-state index in [0.717, 1.165) is 0 Å². The van der Waals surface area contributed by atoms with Crippen LogP contribution in [0.4, 0.5) is 0 Å². The summed E-state index contributed by atoms with van der Waals surface area (Å²) in [5, 5.41) is 41.9. The number of carbonyl (C=O) groups is 1. The van der Waals surface area contributed by atoms with Crippen LogP contribution in [0.25, 0.3) is 0 Å². The van der Waals surface area contributed by atoms with E-state index in [1.807, 2.05) is 0 Å². The van der Waals surface area contributed by atoms with E-state index >= 15 is 0 Å². The number of aliphatic carboxylic acids is 1. The van der Waals surface area contributed by atoms with Crippen molar-refractivity contribution in [3.63, 3.8) is 0 Å². The first-order chi connectivity index (χ1) is 6.89. The Kier molecular flexibility index (Phi) is 9.19. The van der Waals surface area contributed by atoms with Gasteiger partial charge >= 0.3 is 5.97 Å². The van der Waals surface area contributed by atoms with Crippen molar-refractivity contribution in [3.8, 4) is 0 Å². The molecule has 6 heteroatoms. The number of aliphatic hydroxyl groups is 4. The number of hydrogen-bond donors (Lipinski definition) is 5. The quantitative estimate of drug-likeness (QED) is 0.365. The highest BCUT2D eigenvalue weighted by Crippen LogP contribution is 2.11. The molecule has 0 heterocycles. The molecule has 0 fully saturated rings. The second kappa shape index (κ2) is 8.37. The van der Waals surface area contributed by atoms with Crippen LogP contribution in [0.5, 0.6) is 0 Å². The Morgan fingerprint density at radius 3 is 1.27 bits per heavy atom. The Labute approximate surface area is 88.1 Å². The first-order valence-corrected chi connectivity index (χ1v) is 4.21. The fourth-order valence-corrected chi connectivity index (χ4v) is 0.300. The molecule has 0 bridgehead atoms. The summed E-state index contributed by atoms with van der Waals surface area (Å²) in [4.78, 5) is 9.60. The van der Waals surface area contributed by atoms with Crippen molar-refractivity contribution < 1.29 is 30.3 Å². The zero-order chi connectivity index (χ0) is 12.5. The summed E-state index contributed by atoms with van der Waals surface area (Å²) >= 11 is 0. The minimum Gasteiger partial charge on any atom is -0.478 e. The fraction of sp³-hybridized carbons (Fsp3) is 0.667. The number of rotatable bonds is 5. The van der Waals surface area contributed by atoms with Crippen LogP contribution in [0.1, 0.15) is 6.92 Å². The van der Waals surface area contributed by atoms with Gasteiger partial charge in [-0.2, -0.15) is 0 Å². The third-order valence-electron chi connectivity index (χ3n) is 1.71. The number of carboxylic acids is 1. The van der Waals surface area contributed by atoms with E-state index in [9.17, 15) is 4.79 Å². The average Bonchev–Trinajstić information content (AvgIpc) is 2.23. The maximum absolute atomic E-state index is 9.60. The molecule has 5 N–H and O–H groups in total. The first kappa shape index (κ1) is 16.5. The molecule has 0 aliphatic carbocycles. The number of hydrogen-bond acceptors (Lipinski definition) is 5. The van der Waals surface area contributed by atoms with Crippen LogP contribution < -0.4 is 0 Å². The first-order valence-electron chi connectivity index (χ1n) is 4.21. The molecule has 0 atom stereocenters. The zero-order valence-corrected chi connectivity index (χ0v) is 8.68. The third-order valence-corrected chi connectivity index (χ3v) is 1.71. The predicted octanol–water partition coefficient (Wildman–Crippen LogP) is -1.41. The summed E-state index contributed by atoms with van der Waals surface area (Å²) in [6.07, 6.45) is 0. The van der Waals surface area contributed by atoms with Gasteiger partial charge in [-0.3, -0.25) is 0 Å². The van der Waals surface area contributed by atoms with Crippen molar-refractivity contribution >= 4 is 5.97 Å². The van der Waals surface area contributed by atoms with Gasteiger partial charge in [0.25, 0.3) is 0 Å². The Bertz CT molecular complexity index is 167. The van der Waals surface area contributed by atoms with Crippen molar-refractivity contribution in [1.82, 2.24) is 0 Å². The minimum atomic E-state index is -1.11. The van der Waals surface area contributed by atoms with Crippen LogP contribution in [0.3, 0.4) is 0 Å². The number of aliphatic hydroxyl groups excluding tert-OH is 4. The molecular formula is C9H18O6. The molecule has 0 aliphatic heterocycles. The molecule has 6 nitrogen and oxygen atoms in total. The van der Waals surface area contributed by atoms with Crippen molar-refractivity contribution in [1.29, 1.82) is 0 Å². The normalized spacial score (nSPS) is 10.2. The Hall–Kier alpha value is -0.950. The Morgan fingerprint density at radius 1 is 1.07 bits per heavy atom. The molecular weight excluding hydrogens is 204 g/mol. The maximum Gasteiger partial charge on any atom is 0.330 e.